The average molecular weight is 166 g/mol. The van der Waals surface area contributed by atoms with Crippen LogP contribution in [-0.4, -0.2) is 16.1 Å². The lowest BCUT2D eigenvalue weighted by Gasteiger charge is -1.98. The van der Waals surface area contributed by atoms with Gasteiger partial charge in [-0.2, -0.15) is 5.10 Å². The van der Waals surface area contributed by atoms with Gasteiger partial charge in [0.1, 0.15) is 5.69 Å². The number of carbonyl (C=O) groups is 1. The highest BCUT2D eigenvalue weighted by Crippen LogP contribution is 2.06. The molecule has 0 aliphatic heterocycles. The fraction of sp³-hybridized carbons (Fsp3) is 0.556. The summed E-state index contributed by atoms with van der Waals surface area (Å²) in [5.74, 6) is 0.583. The zero-order valence-corrected chi connectivity index (χ0v) is 7.74. The van der Waals surface area contributed by atoms with Crippen molar-refractivity contribution in [2.45, 2.75) is 20.3 Å². The molecule has 0 atom stereocenters. The number of aromatic nitrogens is 2. The van der Waals surface area contributed by atoms with Gasteiger partial charge >= 0.3 is 0 Å². The largest absolute Gasteiger partial charge is 0.296 e. The summed E-state index contributed by atoms with van der Waals surface area (Å²) in [6, 6.07) is 1.84. The first-order valence-corrected chi connectivity index (χ1v) is 4.11. The minimum Gasteiger partial charge on any atom is -0.296 e. The topological polar surface area (TPSA) is 34.9 Å². The predicted molar refractivity (Wildman–Crippen MR) is 47.1 cm³/mol. The maximum absolute atomic E-state index is 10.5. The van der Waals surface area contributed by atoms with Crippen LogP contribution in [0.5, 0.6) is 0 Å². The third-order valence-electron chi connectivity index (χ3n) is 1.70. The molecule has 0 saturated heterocycles. The molecule has 0 unspecified atom stereocenters. The molecule has 0 saturated carbocycles. The lowest BCUT2D eigenvalue weighted by molar-refractivity contribution is 0.111. The Labute approximate surface area is 72.4 Å². The number of aldehydes is 1. The van der Waals surface area contributed by atoms with E-state index in [9.17, 15) is 4.79 Å². The van der Waals surface area contributed by atoms with Crippen molar-refractivity contribution in [1.29, 1.82) is 0 Å². The first-order chi connectivity index (χ1) is 5.63. The highest BCUT2D eigenvalue weighted by Gasteiger charge is 2.04. The van der Waals surface area contributed by atoms with E-state index in [2.05, 4.69) is 18.9 Å². The molecule has 1 aromatic rings. The van der Waals surface area contributed by atoms with Gasteiger partial charge in [-0.3, -0.25) is 9.48 Å². The molecule has 3 nitrogen and oxygen atoms in total. The Balaban J connectivity index is 2.82. The first-order valence-electron chi connectivity index (χ1n) is 4.11. The molecule has 0 aliphatic rings. The minimum absolute atomic E-state index is 0.583. The molecule has 12 heavy (non-hydrogen) atoms. The summed E-state index contributed by atoms with van der Waals surface area (Å²) in [6.45, 7) is 4.27. The molecule has 3 heteroatoms. The van der Waals surface area contributed by atoms with Crippen LogP contribution in [0.3, 0.4) is 0 Å². The number of aryl methyl sites for hydroxylation is 1. The predicted octanol–water partition coefficient (Wildman–Crippen LogP) is 1.43. The van der Waals surface area contributed by atoms with Gasteiger partial charge in [-0.05, 0) is 18.4 Å². The SMILES string of the molecule is CC(C)Cc1cc(C=O)n(C)n1. The van der Waals surface area contributed by atoms with Gasteiger partial charge in [0.25, 0.3) is 0 Å². The molecule has 0 aliphatic carbocycles. The number of rotatable bonds is 3. The van der Waals surface area contributed by atoms with Crippen LogP contribution < -0.4 is 0 Å². The summed E-state index contributed by atoms with van der Waals surface area (Å²) >= 11 is 0. The summed E-state index contributed by atoms with van der Waals surface area (Å²) in [7, 11) is 1.79. The Morgan fingerprint density at radius 1 is 1.67 bits per heavy atom. The summed E-state index contributed by atoms with van der Waals surface area (Å²) in [5.41, 5.74) is 1.64. The Morgan fingerprint density at radius 2 is 2.33 bits per heavy atom. The van der Waals surface area contributed by atoms with Gasteiger partial charge < -0.3 is 0 Å². The second-order valence-electron chi connectivity index (χ2n) is 3.40. The second kappa shape index (κ2) is 3.52. The summed E-state index contributed by atoms with van der Waals surface area (Å²) in [5, 5.41) is 4.21. The Morgan fingerprint density at radius 3 is 2.75 bits per heavy atom. The van der Waals surface area contributed by atoms with Gasteiger partial charge in [0.2, 0.25) is 0 Å². The van der Waals surface area contributed by atoms with E-state index >= 15 is 0 Å². The molecular formula is C9H14N2O. The van der Waals surface area contributed by atoms with E-state index in [-0.39, 0.29) is 0 Å². The molecule has 0 bridgehead atoms. The summed E-state index contributed by atoms with van der Waals surface area (Å²) in [4.78, 5) is 10.5. The van der Waals surface area contributed by atoms with Crippen LogP contribution in [0.15, 0.2) is 6.07 Å². The normalized spacial score (nSPS) is 10.7. The van der Waals surface area contributed by atoms with Crippen LogP contribution in [0, 0.1) is 5.92 Å². The van der Waals surface area contributed by atoms with Crippen molar-refractivity contribution in [3.63, 3.8) is 0 Å². The van der Waals surface area contributed by atoms with Gasteiger partial charge in [-0.25, -0.2) is 0 Å². The second-order valence-corrected chi connectivity index (χ2v) is 3.40. The highest BCUT2D eigenvalue weighted by molar-refractivity contribution is 5.72. The number of nitrogens with zero attached hydrogens (tertiary/aromatic N) is 2. The average Bonchev–Trinajstić information content (AvgIpc) is 2.29. The fourth-order valence-electron chi connectivity index (χ4n) is 1.17. The Hall–Kier alpha value is -1.12. The van der Waals surface area contributed by atoms with Gasteiger partial charge in [-0.15, -0.1) is 0 Å². The molecule has 66 valence electrons. The zero-order chi connectivity index (χ0) is 9.14. The van der Waals surface area contributed by atoms with Crippen LogP contribution in [0.25, 0.3) is 0 Å². The van der Waals surface area contributed by atoms with Gasteiger partial charge in [0.15, 0.2) is 6.29 Å². The fourth-order valence-corrected chi connectivity index (χ4v) is 1.17. The molecular weight excluding hydrogens is 152 g/mol. The van der Waals surface area contributed by atoms with Crippen LogP contribution in [-0.2, 0) is 13.5 Å². The van der Waals surface area contributed by atoms with E-state index < -0.39 is 0 Å². The van der Waals surface area contributed by atoms with E-state index in [0.717, 1.165) is 18.4 Å². The number of hydrogen-bond donors (Lipinski definition) is 0. The minimum atomic E-state index is 0.583. The first kappa shape index (κ1) is 8.97. The lowest BCUT2D eigenvalue weighted by atomic mass is 10.1. The van der Waals surface area contributed by atoms with E-state index in [0.29, 0.717) is 11.6 Å². The summed E-state index contributed by atoms with van der Waals surface area (Å²) < 4.78 is 1.62. The maximum atomic E-state index is 10.5. The number of carbonyl (C=O) groups excluding carboxylic acids is 1. The van der Waals surface area contributed by atoms with E-state index in [4.69, 9.17) is 0 Å². The van der Waals surface area contributed by atoms with Crippen LogP contribution in [0.4, 0.5) is 0 Å². The van der Waals surface area contributed by atoms with Crippen LogP contribution in [0.1, 0.15) is 30.0 Å². The van der Waals surface area contributed by atoms with Crippen molar-refractivity contribution in [3.05, 3.63) is 17.5 Å². The zero-order valence-electron chi connectivity index (χ0n) is 7.74. The third kappa shape index (κ3) is 1.94. The molecule has 0 aromatic carbocycles. The molecule has 0 spiro atoms. The van der Waals surface area contributed by atoms with Crippen molar-refractivity contribution in [1.82, 2.24) is 9.78 Å². The van der Waals surface area contributed by atoms with Crippen molar-refractivity contribution in [3.8, 4) is 0 Å². The third-order valence-corrected chi connectivity index (χ3v) is 1.70. The van der Waals surface area contributed by atoms with E-state index in [1.165, 1.54) is 0 Å². The van der Waals surface area contributed by atoms with Crippen molar-refractivity contribution in [2.75, 3.05) is 0 Å². The van der Waals surface area contributed by atoms with Crippen molar-refractivity contribution < 1.29 is 4.79 Å². The maximum Gasteiger partial charge on any atom is 0.168 e. The van der Waals surface area contributed by atoms with Crippen LogP contribution >= 0.6 is 0 Å². The molecule has 0 amide bonds. The Kier molecular flexibility index (Phi) is 2.63. The molecule has 0 N–H and O–H groups in total. The Bertz CT molecular complexity index is 276. The van der Waals surface area contributed by atoms with Gasteiger partial charge in [0.05, 0.1) is 5.69 Å². The monoisotopic (exact) mass is 166 g/mol. The molecule has 1 heterocycles. The quantitative estimate of drug-likeness (QED) is 0.637. The van der Waals surface area contributed by atoms with E-state index in [1.54, 1.807) is 11.7 Å². The number of hydrogen-bond acceptors (Lipinski definition) is 2. The van der Waals surface area contributed by atoms with Crippen molar-refractivity contribution in [2.24, 2.45) is 13.0 Å². The molecule has 0 radical (unpaired) electrons. The molecule has 1 aromatic heterocycles. The molecule has 1 rings (SSSR count). The smallest absolute Gasteiger partial charge is 0.168 e. The molecule has 0 fully saturated rings. The lowest BCUT2D eigenvalue weighted by Crippen LogP contribution is -1.98. The standard InChI is InChI=1S/C9H14N2O/c1-7(2)4-8-5-9(6-12)11(3)10-8/h5-7H,4H2,1-3H3. The van der Waals surface area contributed by atoms with Gasteiger partial charge in [-0.1, -0.05) is 13.8 Å². The van der Waals surface area contributed by atoms with Gasteiger partial charge in [0, 0.05) is 7.05 Å². The van der Waals surface area contributed by atoms with Crippen LogP contribution in [0.2, 0.25) is 0 Å². The highest BCUT2D eigenvalue weighted by atomic mass is 16.1. The van der Waals surface area contributed by atoms with Crippen molar-refractivity contribution >= 4 is 6.29 Å². The summed E-state index contributed by atoms with van der Waals surface area (Å²) in [6.07, 6.45) is 1.76. The van der Waals surface area contributed by atoms with E-state index in [1.807, 2.05) is 6.07 Å².